The summed E-state index contributed by atoms with van der Waals surface area (Å²) < 4.78 is 34.5. The summed E-state index contributed by atoms with van der Waals surface area (Å²) in [6, 6.07) is 35.0. The molecule has 0 bridgehead atoms. The second kappa shape index (κ2) is 20.9. The van der Waals surface area contributed by atoms with Crippen molar-refractivity contribution in [3.63, 3.8) is 0 Å². The maximum atomic E-state index is 14.1. The third-order valence-corrected chi connectivity index (χ3v) is 13.5. The minimum absolute atomic E-state index is 0.0393. The Morgan fingerprint density at radius 3 is 2.33 bits per heavy atom. The fraction of sp³-hybridized carbons (Fsp3) is 0.327. The highest BCUT2D eigenvalue weighted by molar-refractivity contribution is 6.30. The van der Waals surface area contributed by atoms with Crippen LogP contribution in [0.15, 0.2) is 131 Å². The van der Waals surface area contributed by atoms with E-state index in [4.69, 9.17) is 30.5 Å². The zero-order chi connectivity index (χ0) is 45.5. The van der Waals surface area contributed by atoms with Crippen LogP contribution in [0.3, 0.4) is 0 Å². The number of anilines is 2. The molecular weight excluding hydrogens is 863 g/mol. The van der Waals surface area contributed by atoms with Crippen LogP contribution in [-0.4, -0.2) is 76.9 Å². The van der Waals surface area contributed by atoms with Gasteiger partial charge in [-0.2, -0.15) is 4.98 Å². The third kappa shape index (κ3) is 10.8. The van der Waals surface area contributed by atoms with E-state index in [1.165, 1.54) is 37.0 Å². The zero-order valence-corrected chi connectivity index (χ0v) is 38.5. The van der Waals surface area contributed by atoms with Crippen LogP contribution in [-0.2, 0) is 22.6 Å². The molecule has 10 nitrogen and oxygen atoms in total. The molecule has 0 unspecified atom stereocenters. The summed E-state index contributed by atoms with van der Waals surface area (Å²) in [6.07, 6.45) is 12.0. The maximum absolute atomic E-state index is 14.1. The van der Waals surface area contributed by atoms with E-state index in [1.54, 1.807) is 12.1 Å². The van der Waals surface area contributed by atoms with E-state index in [-0.39, 0.29) is 5.43 Å². The van der Waals surface area contributed by atoms with Gasteiger partial charge in [0.05, 0.1) is 12.0 Å². The molecule has 0 atom stereocenters. The van der Waals surface area contributed by atoms with Crippen molar-refractivity contribution in [3.8, 4) is 22.5 Å². The molecule has 0 amide bonds. The second-order valence-corrected chi connectivity index (χ2v) is 18.4. The van der Waals surface area contributed by atoms with Crippen molar-refractivity contribution in [2.75, 3.05) is 57.9 Å². The van der Waals surface area contributed by atoms with Gasteiger partial charge < -0.3 is 28.7 Å². The SMILES string of the molecule is O=c1cc(-c2ccc(COCCCOCCCN3CCN(Cc4ccc(-c5cn(C6CCCCC6)c6nc(Nc7cc(F)cc(Cl)c7)ncc56)cc4)CC3)cc2)oc2ccc3ccccc3c12. The van der Waals surface area contributed by atoms with Crippen molar-refractivity contribution in [2.24, 2.45) is 0 Å². The molecule has 1 saturated heterocycles. The number of fused-ring (bicyclic) bond motifs is 4. The molecule has 2 aliphatic rings. The zero-order valence-electron chi connectivity index (χ0n) is 37.8. The Morgan fingerprint density at radius 2 is 1.51 bits per heavy atom. The van der Waals surface area contributed by atoms with Gasteiger partial charge in [-0.05, 0) is 77.4 Å². The lowest BCUT2D eigenvalue weighted by molar-refractivity contribution is 0.0675. The number of aromatic nitrogens is 3. The standard InChI is InChI=1S/C55H56ClFN6O4/c56-43-30-44(57)32-45(31-43)59-55-58-34-48-49(36-63(54(48)60-55)46-9-2-1-3-10-46)41-16-12-38(13-17-41)35-62-25-23-61(24-26-62)22-6-27-65-28-7-29-66-37-39-14-18-42(19-15-39)52-33-50(64)53-47-11-5-4-8-40(47)20-21-51(53)67-52/h4-5,8,11-21,30-34,36,46H,1-3,6-7,9-10,22-29,35,37H2,(H,58,59,60). The van der Waals surface area contributed by atoms with E-state index >= 15 is 0 Å². The summed E-state index contributed by atoms with van der Waals surface area (Å²) in [6.45, 7) is 8.78. The Hall–Kier alpha value is -5.95. The lowest BCUT2D eigenvalue weighted by Crippen LogP contribution is -2.46. The van der Waals surface area contributed by atoms with Crippen molar-refractivity contribution in [1.29, 1.82) is 0 Å². The Kier molecular flexibility index (Phi) is 14.0. The summed E-state index contributed by atoms with van der Waals surface area (Å²) in [5.74, 6) is 0.565. The molecule has 4 heterocycles. The minimum atomic E-state index is -0.411. The number of nitrogens with zero attached hydrogens (tertiary/aromatic N) is 5. The second-order valence-electron chi connectivity index (χ2n) is 18.0. The fourth-order valence-electron chi connectivity index (χ4n) is 9.71. The minimum Gasteiger partial charge on any atom is -0.456 e. The Labute approximate surface area is 395 Å². The van der Waals surface area contributed by atoms with Crippen LogP contribution in [0.4, 0.5) is 16.0 Å². The molecule has 5 aromatic carbocycles. The summed E-state index contributed by atoms with van der Waals surface area (Å²) in [4.78, 5) is 27.8. The molecule has 1 saturated carbocycles. The first-order valence-electron chi connectivity index (χ1n) is 23.8. The van der Waals surface area contributed by atoms with Gasteiger partial charge in [0.1, 0.15) is 22.8 Å². The maximum Gasteiger partial charge on any atom is 0.229 e. The quantitative estimate of drug-likeness (QED) is 0.0707. The van der Waals surface area contributed by atoms with Crippen LogP contribution in [0.2, 0.25) is 5.02 Å². The highest BCUT2D eigenvalue weighted by atomic mass is 35.5. The van der Waals surface area contributed by atoms with Crippen molar-refractivity contribution in [1.82, 2.24) is 24.3 Å². The molecule has 12 heteroatoms. The number of ether oxygens (including phenoxy) is 2. The predicted octanol–water partition coefficient (Wildman–Crippen LogP) is 12.2. The molecule has 2 fully saturated rings. The van der Waals surface area contributed by atoms with Gasteiger partial charge in [-0.3, -0.25) is 9.69 Å². The number of hydrogen-bond acceptors (Lipinski definition) is 9. The lowest BCUT2D eigenvalue weighted by Gasteiger charge is -2.34. The highest BCUT2D eigenvalue weighted by Crippen LogP contribution is 2.37. The van der Waals surface area contributed by atoms with Crippen LogP contribution >= 0.6 is 11.6 Å². The molecule has 10 rings (SSSR count). The van der Waals surface area contributed by atoms with Gasteiger partial charge in [0.15, 0.2) is 5.43 Å². The third-order valence-electron chi connectivity index (χ3n) is 13.3. The molecule has 67 heavy (non-hydrogen) atoms. The number of nitrogens with one attached hydrogen (secondary N) is 1. The molecule has 0 spiro atoms. The highest BCUT2D eigenvalue weighted by Gasteiger charge is 2.22. The number of benzene rings is 5. The molecule has 1 aliphatic heterocycles. The average molecular weight is 920 g/mol. The molecule has 0 radical (unpaired) electrons. The fourth-order valence-corrected chi connectivity index (χ4v) is 9.94. The van der Waals surface area contributed by atoms with Crippen molar-refractivity contribution in [2.45, 2.75) is 64.1 Å². The Morgan fingerprint density at radius 1 is 0.761 bits per heavy atom. The largest absolute Gasteiger partial charge is 0.456 e. The van der Waals surface area contributed by atoms with Gasteiger partial charge in [0.25, 0.3) is 0 Å². The molecule has 344 valence electrons. The van der Waals surface area contributed by atoms with Crippen molar-refractivity contribution < 1.29 is 18.3 Å². The topological polar surface area (TPSA) is 97.9 Å². The normalized spacial score (nSPS) is 15.3. The summed E-state index contributed by atoms with van der Waals surface area (Å²) in [5, 5.41) is 7.04. The number of halogens is 2. The molecule has 3 aromatic heterocycles. The Bertz CT molecular complexity index is 3000. The van der Waals surface area contributed by atoms with E-state index in [1.807, 2.05) is 66.9 Å². The average Bonchev–Trinajstić information content (AvgIpc) is 3.73. The first-order valence-corrected chi connectivity index (χ1v) is 24.1. The summed E-state index contributed by atoms with van der Waals surface area (Å²) >= 11 is 6.12. The van der Waals surface area contributed by atoms with Gasteiger partial charge in [0.2, 0.25) is 5.95 Å². The van der Waals surface area contributed by atoms with E-state index in [2.05, 4.69) is 55.1 Å². The number of hydrogen-bond donors (Lipinski definition) is 1. The van der Waals surface area contributed by atoms with E-state index in [0.717, 1.165) is 116 Å². The van der Waals surface area contributed by atoms with Crippen LogP contribution in [0.25, 0.3) is 55.2 Å². The van der Waals surface area contributed by atoms with Gasteiger partial charge >= 0.3 is 0 Å². The predicted molar refractivity (Wildman–Crippen MR) is 267 cm³/mol. The van der Waals surface area contributed by atoms with E-state index < -0.39 is 5.82 Å². The Balaban J connectivity index is 0.633. The van der Waals surface area contributed by atoms with Gasteiger partial charge in [-0.25, -0.2) is 9.37 Å². The summed E-state index contributed by atoms with van der Waals surface area (Å²) in [5.41, 5.74) is 7.47. The number of piperazine rings is 1. The van der Waals surface area contributed by atoms with Crippen molar-refractivity contribution in [3.05, 3.63) is 154 Å². The molecule has 1 aliphatic carbocycles. The van der Waals surface area contributed by atoms with E-state index in [9.17, 15) is 9.18 Å². The van der Waals surface area contributed by atoms with Crippen LogP contribution in [0.5, 0.6) is 0 Å². The number of rotatable bonds is 17. The lowest BCUT2D eigenvalue weighted by atomic mass is 9.95. The van der Waals surface area contributed by atoms with Crippen LogP contribution in [0.1, 0.15) is 62.1 Å². The molecular formula is C55H56ClFN6O4. The van der Waals surface area contributed by atoms with Crippen molar-refractivity contribution >= 4 is 56.0 Å². The molecule has 1 N–H and O–H groups in total. The first-order chi connectivity index (χ1) is 32.9. The van der Waals surface area contributed by atoms with E-state index in [0.29, 0.717) is 59.3 Å². The smallest absolute Gasteiger partial charge is 0.229 e. The first kappa shape index (κ1) is 44.9. The van der Waals surface area contributed by atoms with Gasteiger partial charge in [0, 0.05) is 111 Å². The van der Waals surface area contributed by atoms with Crippen LogP contribution in [0, 0.1) is 5.82 Å². The van der Waals surface area contributed by atoms with Gasteiger partial charge in [-0.1, -0.05) is 110 Å². The van der Waals surface area contributed by atoms with Gasteiger partial charge in [-0.15, -0.1) is 0 Å². The van der Waals surface area contributed by atoms with Crippen LogP contribution < -0.4 is 10.7 Å². The summed E-state index contributed by atoms with van der Waals surface area (Å²) in [7, 11) is 0. The molecule has 8 aromatic rings. The monoisotopic (exact) mass is 918 g/mol.